The summed E-state index contributed by atoms with van der Waals surface area (Å²) in [5.74, 6) is 0.487. The molecule has 0 aromatic heterocycles. The van der Waals surface area contributed by atoms with Crippen molar-refractivity contribution < 1.29 is 4.79 Å². The number of aliphatic imine (C=N–C) groups is 2. The first kappa shape index (κ1) is 6.48. The maximum Gasteiger partial charge on any atom is 0.367 e. The Bertz CT molecular complexity index is 207. The van der Waals surface area contributed by atoms with E-state index in [1.807, 2.05) is 0 Å². The fourth-order valence-electron chi connectivity index (χ4n) is 0.579. The minimum Gasteiger partial charge on any atom is -0.244 e. The van der Waals surface area contributed by atoms with Crippen LogP contribution in [0.4, 0.5) is 4.79 Å². The summed E-state index contributed by atoms with van der Waals surface area (Å²) in [4.78, 5) is 17.6. The molecular formula is C5H6N2OS. The Hall–Kier alpha value is -0.640. The first-order chi connectivity index (χ1) is 4.24. The standard InChI is InChI=1S/C5H6N2OS/c1-3-4(2-9)7-5(8)6-3/h9H,2H2,1H3. The third kappa shape index (κ3) is 1.18. The average Bonchev–Trinajstić information content (AvgIpc) is 2.10. The maximum absolute atomic E-state index is 10.4. The van der Waals surface area contributed by atoms with Gasteiger partial charge in [0.25, 0.3) is 0 Å². The van der Waals surface area contributed by atoms with E-state index in [0.717, 1.165) is 0 Å². The van der Waals surface area contributed by atoms with Gasteiger partial charge >= 0.3 is 6.03 Å². The molecule has 1 aliphatic rings. The average molecular weight is 142 g/mol. The van der Waals surface area contributed by atoms with E-state index in [1.54, 1.807) is 6.92 Å². The fraction of sp³-hybridized carbons (Fsp3) is 0.400. The van der Waals surface area contributed by atoms with E-state index >= 15 is 0 Å². The first-order valence-corrected chi connectivity index (χ1v) is 3.15. The Balaban J connectivity index is 2.87. The van der Waals surface area contributed by atoms with Gasteiger partial charge in [-0.05, 0) is 6.92 Å². The molecule has 1 rings (SSSR count). The number of rotatable bonds is 1. The first-order valence-electron chi connectivity index (χ1n) is 2.52. The molecule has 0 saturated heterocycles. The third-order valence-electron chi connectivity index (χ3n) is 1.06. The molecule has 0 spiro atoms. The second kappa shape index (κ2) is 2.31. The third-order valence-corrected chi connectivity index (χ3v) is 1.36. The lowest BCUT2D eigenvalue weighted by Gasteiger charge is -1.88. The minimum atomic E-state index is -0.406. The summed E-state index contributed by atoms with van der Waals surface area (Å²) >= 11 is 3.95. The molecule has 1 heterocycles. The molecule has 0 aliphatic carbocycles. The van der Waals surface area contributed by atoms with Gasteiger partial charge in [-0.1, -0.05) is 0 Å². The van der Waals surface area contributed by atoms with E-state index in [2.05, 4.69) is 22.6 Å². The number of hydrogen-bond donors (Lipinski definition) is 1. The van der Waals surface area contributed by atoms with Crippen molar-refractivity contribution in [1.29, 1.82) is 0 Å². The monoisotopic (exact) mass is 142 g/mol. The number of nitrogens with zero attached hydrogens (tertiary/aromatic N) is 2. The number of amides is 2. The van der Waals surface area contributed by atoms with E-state index in [4.69, 9.17) is 0 Å². The molecule has 0 N–H and O–H groups in total. The smallest absolute Gasteiger partial charge is 0.244 e. The molecule has 0 bridgehead atoms. The fourth-order valence-corrected chi connectivity index (χ4v) is 0.879. The van der Waals surface area contributed by atoms with Crippen LogP contribution in [-0.2, 0) is 0 Å². The molecule has 3 nitrogen and oxygen atoms in total. The predicted octanol–water partition coefficient (Wildman–Crippen LogP) is 0.952. The Morgan fingerprint density at radius 2 is 2.22 bits per heavy atom. The molecule has 48 valence electrons. The summed E-state index contributed by atoms with van der Waals surface area (Å²) in [5.41, 5.74) is 1.37. The number of carbonyl (C=O) groups is 1. The normalized spacial score (nSPS) is 17.8. The Morgan fingerprint density at radius 1 is 1.56 bits per heavy atom. The summed E-state index contributed by atoms with van der Waals surface area (Å²) in [6, 6.07) is -0.406. The molecule has 0 aromatic carbocycles. The molecule has 1 aliphatic heterocycles. The van der Waals surface area contributed by atoms with Gasteiger partial charge in [-0.25, -0.2) is 4.79 Å². The molecule has 4 heteroatoms. The van der Waals surface area contributed by atoms with Crippen molar-refractivity contribution in [2.24, 2.45) is 9.98 Å². The van der Waals surface area contributed by atoms with Crippen LogP contribution in [0.2, 0.25) is 0 Å². The van der Waals surface area contributed by atoms with E-state index < -0.39 is 6.03 Å². The zero-order chi connectivity index (χ0) is 6.85. The Labute approximate surface area is 58.3 Å². The van der Waals surface area contributed by atoms with Gasteiger partial charge in [0.1, 0.15) is 0 Å². The molecule has 0 aromatic rings. The quantitative estimate of drug-likeness (QED) is 0.544. The highest BCUT2D eigenvalue weighted by Gasteiger charge is 2.12. The summed E-state index contributed by atoms with van der Waals surface area (Å²) < 4.78 is 0. The van der Waals surface area contributed by atoms with Crippen molar-refractivity contribution in [2.45, 2.75) is 6.92 Å². The van der Waals surface area contributed by atoms with Gasteiger partial charge in [0.05, 0.1) is 11.4 Å². The van der Waals surface area contributed by atoms with Crippen LogP contribution in [0, 0.1) is 0 Å². The summed E-state index contributed by atoms with van der Waals surface area (Å²) in [6.45, 7) is 1.75. The molecule has 2 amide bonds. The summed E-state index contributed by atoms with van der Waals surface area (Å²) in [7, 11) is 0. The Morgan fingerprint density at radius 3 is 2.44 bits per heavy atom. The lowest BCUT2D eigenvalue weighted by molar-refractivity contribution is 0.257. The molecule has 0 unspecified atom stereocenters. The second-order valence-corrected chi connectivity index (χ2v) is 2.01. The topological polar surface area (TPSA) is 41.8 Å². The van der Waals surface area contributed by atoms with E-state index in [0.29, 0.717) is 17.2 Å². The van der Waals surface area contributed by atoms with Crippen LogP contribution in [0.25, 0.3) is 0 Å². The summed E-state index contributed by atoms with van der Waals surface area (Å²) in [6.07, 6.45) is 0. The van der Waals surface area contributed by atoms with Crippen LogP contribution in [0.15, 0.2) is 9.98 Å². The van der Waals surface area contributed by atoms with Gasteiger partial charge in [0, 0.05) is 5.75 Å². The number of carbonyl (C=O) groups excluding carboxylic acids is 1. The number of thiol groups is 1. The van der Waals surface area contributed by atoms with E-state index in [9.17, 15) is 4.79 Å². The van der Waals surface area contributed by atoms with E-state index in [1.165, 1.54) is 0 Å². The summed E-state index contributed by atoms with van der Waals surface area (Å²) in [5, 5.41) is 0. The highest BCUT2D eigenvalue weighted by molar-refractivity contribution is 7.81. The van der Waals surface area contributed by atoms with Crippen LogP contribution >= 0.6 is 12.6 Å². The van der Waals surface area contributed by atoms with Gasteiger partial charge in [-0.2, -0.15) is 22.6 Å². The molecule has 0 saturated carbocycles. The van der Waals surface area contributed by atoms with Crippen molar-refractivity contribution in [3.05, 3.63) is 0 Å². The highest BCUT2D eigenvalue weighted by atomic mass is 32.1. The molecular weight excluding hydrogens is 136 g/mol. The van der Waals surface area contributed by atoms with Crippen molar-refractivity contribution in [3.63, 3.8) is 0 Å². The predicted molar refractivity (Wildman–Crippen MR) is 39.8 cm³/mol. The van der Waals surface area contributed by atoms with Crippen molar-refractivity contribution >= 4 is 30.1 Å². The maximum atomic E-state index is 10.4. The minimum absolute atomic E-state index is 0.406. The van der Waals surface area contributed by atoms with Crippen molar-refractivity contribution in [1.82, 2.24) is 0 Å². The molecule has 9 heavy (non-hydrogen) atoms. The number of urea groups is 1. The van der Waals surface area contributed by atoms with Crippen LogP contribution in [0.3, 0.4) is 0 Å². The van der Waals surface area contributed by atoms with Gasteiger partial charge in [-0.15, -0.1) is 0 Å². The SMILES string of the molecule is CC1=NC(=O)N=C1CS. The van der Waals surface area contributed by atoms with Crippen LogP contribution in [0.1, 0.15) is 6.92 Å². The lowest BCUT2D eigenvalue weighted by Crippen LogP contribution is -2.07. The zero-order valence-corrected chi connectivity index (χ0v) is 5.85. The largest absolute Gasteiger partial charge is 0.367 e. The molecule has 0 fully saturated rings. The van der Waals surface area contributed by atoms with Crippen LogP contribution < -0.4 is 0 Å². The molecule has 0 radical (unpaired) electrons. The van der Waals surface area contributed by atoms with Gasteiger partial charge < -0.3 is 0 Å². The van der Waals surface area contributed by atoms with Gasteiger partial charge in [0.2, 0.25) is 0 Å². The van der Waals surface area contributed by atoms with Gasteiger partial charge in [0.15, 0.2) is 0 Å². The van der Waals surface area contributed by atoms with Crippen LogP contribution in [-0.4, -0.2) is 23.2 Å². The van der Waals surface area contributed by atoms with Crippen molar-refractivity contribution in [2.75, 3.05) is 5.75 Å². The Kier molecular flexibility index (Phi) is 1.66. The second-order valence-electron chi connectivity index (χ2n) is 1.70. The van der Waals surface area contributed by atoms with Crippen LogP contribution in [0.5, 0.6) is 0 Å². The highest BCUT2D eigenvalue weighted by Crippen LogP contribution is 1.99. The lowest BCUT2D eigenvalue weighted by atomic mass is 10.3. The number of hydrogen-bond acceptors (Lipinski definition) is 2. The molecule has 0 atom stereocenters. The van der Waals surface area contributed by atoms with Gasteiger partial charge in [-0.3, -0.25) is 0 Å². The zero-order valence-electron chi connectivity index (χ0n) is 4.96. The van der Waals surface area contributed by atoms with E-state index in [-0.39, 0.29) is 0 Å². The van der Waals surface area contributed by atoms with Crippen molar-refractivity contribution in [3.8, 4) is 0 Å².